The van der Waals surface area contributed by atoms with Crippen molar-refractivity contribution in [3.63, 3.8) is 0 Å². The number of aryl methyl sites for hydroxylation is 1. The lowest BCUT2D eigenvalue weighted by Gasteiger charge is -2.15. The van der Waals surface area contributed by atoms with Gasteiger partial charge in [0.05, 0.1) is 6.04 Å². The van der Waals surface area contributed by atoms with Crippen LogP contribution in [0.2, 0.25) is 5.02 Å². The Labute approximate surface area is 109 Å². The molecule has 94 valence electrons. The third-order valence-electron chi connectivity index (χ3n) is 2.78. The standard InChI is InChI=1S/C14H12ClF2N/c1-8-2-5-12(16)11(6-8)14(18)10-4-3-9(15)7-13(10)17/h2-7,14H,18H2,1H3. The third-order valence-corrected chi connectivity index (χ3v) is 3.02. The summed E-state index contributed by atoms with van der Waals surface area (Å²) < 4.78 is 27.4. The van der Waals surface area contributed by atoms with E-state index in [1.54, 1.807) is 12.1 Å². The summed E-state index contributed by atoms with van der Waals surface area (Å²) in [5, 5.41) is 0.285. The molecule has 2 aromatic rings. The molecule has 0 aliphatic heterocycles. The van der Waals surface area contributed by atoms with Crippen molar-refractivity contribution in [2.75, 3.05) is 0 Å². The zero-order chi connectivity index (χ0) is 13.3. The first-order valence-electron chi connectivity index (χ1n) is 5.45. The highest BCUT2D eigenvalue weighted by molar-refractivity contribution is 6.30. The van der Waals surface area contributed by atoms with Gasteiger partial charge in [-0.2, -0.15) is 0 Å². The minimum Gasteiger partial charge on any atom is -0.320 e. The van der Waals surface area contributed by atoms with Crippen molar-refractivity contribution in [3.05, 3.63) is 69.7 Å². The van der Waals surface area contributed by atoms with Gasteiger partial charge in [0.15, 0.2) is 0 Å². The molecule has 1 nitrogen and oxygen atoms in total. The van der Waals surface area contributed by atoms with Crippen molar-refractivity contribution in [1.82, 2.24) is 0 Å². The molecule has 0 spiro atoms. The van der Waals surface area contributed by atoms with E-state index in [0.717, 1.165) is 5.56 Å². The smallest absolute Gasteiger partial charge is 0.129 e. The van der Waals surface area contributed by atoms with Gasteiger partial charge in [0, 0.05) is 16.1 Å². The molecule has 0 saturated carbocycles. The summed E-state index contributed by atoms with van der Waals surface area (Å²) in [6.45, 7) is 1.83. The highest BCUT2D eigenvalue weighted by Crippen LogP contribution is 2.26. The Hall–Kier alpha value is -1.45. The Bertz CT molecular complexity index is 584. The molecule has 2 aromatic carbocycles. The fraction of sp³-hybridized carbons (Fsp3) is 0.143. The number of hydrogen-bond donors (Lipinski definition) is 1. The molecule has 0 bridgehead atoms. The van der Waals surface area contributed by atoms with E-state index in [2.05, 4.69) is 0 Å². The fourth-order valence-corrected chi connectivity index (χ4v) is 1.98. The molecule has 0 saturated heterocycles. The lowest BCUT2D eigenvalue weighted by Crippen LogP contribution is -2.15. The molecule has 0 aliphatic carbocycles. The number of hydrogen-bond acceptors (Lipinski definition) is 1. The summed E-state index contributed by atoms with van der Waals surface area (Å²) in [5.74, 6) is -0.974. The second kappa shape index (κ2) is 5.04. The number of nitrogens with two attached hydrogens (primary N) is 1. The van der Waals surface area contributed by atoms with Gasteiger partial charge in [0.1, 0.15) is 11.6 Å². The van der Waals surface area contributed by atoms with Gasteiger partial charge in [0.2, 0.25) is 0 Å². The summed E-state index contributed by atoms with van der Waals surface area (Å²) in [4.78, 5) is 0. The van der Waals surface area contributed by atoms with Gasteiger partial charge in [-0.3, -0.25) is 0 Å². The Morgan fingerprint density at radius 1 is 1.00 bits per heavy atom. The fourth-order valence-electron chi connectivity index (χ4n) is 1.82. The molecule has 0 aromatic heterocycles. The topological polar surface area (TPSA) is 26.0 Å². The molecule has 2 N–H and O–H groups in total. The van der Waals surface area contributed by atoms with Crippen LogP contribution in [0.15, 0.2) is 36.4 Å². The van der Waals surface area contributed by atoms with Gasteiger partial charge in [-0.1, -0.05) is 35.4 Å². The van der Waals surface area contributed by atoms with Crippen molar-refractivity contribution < 1.29 is 8.78 Å². The van der Waals surface area contributed by atoms with Crippen molar-refractivity contribution in [2.24, 2.45) is 5.73 Å². The van der Waals surface area contributed by atoms with E-state index in [1.807, 2.05) is 6.92 Å². The van der Waals surface area contributed by atoms with Gasteiger partial charge in [-0.15, -0.1) is 0 Å². The summed E-state index contributed by atoms with van der Waals surface area (Å²) in [6, 6.07) is 7.93. The lowest BCUT2D eigenvalue weighted by molar-refractivity contribution is 0.575. The van der Waals surface area contributed by atoms with Crippen molar-refractivity contribution in [3.8, 4) is 0 Å². The predicted molar refractivity (Wildman–Crippen MR) is 68.6 cm³/mol. The highest BCUT2D eigenvalue weighted by Gasteiger charge is 2.17. The second-order valence-corrected chi connectivity index (χ2v) is 4.60. The van der Waals surface area contributed by atoms with Crippen molar-refractivity contribution in [2.45, 2.75) is 13.0 Å². The van der Waals surface area contributed by atoms with Crippen LogP contribution in [0.5, 0.6) is 0 Å². The quantitative estimate of drug-likeness (QED) is 0.875. The molecular formula is C14H12ClF2N. The summed E-state index contributed by atoms with van der Waals surface area (Å²) in [6.07, 6.45) is 0. The van der Waals surface area contributed by atoms with E-state index < -0.39 is 17.7 Å². The van der Waals surface area contributed by atoms with Crippen LogP contribution in [0, 0.1) is 18.6 Å². The molecule has 0 aliphatic rings. The summed E-state index contributed by atoms with van der Waals surface area (Å²) in [5.41, 5.74) is 7.29. The average molecular weight is 268 g/mol. The largest absolute Gasteiger partial charge is 0.320 e. The Balaban J connectivity index is 2.47. The molecule has 1 unspecified atom stereocenters. The monoisotopic (exact) mass is 267 g/mol. The molecule has 4 heteroatoms. The zero-order valence-electron chi connectivity index (χ0n) is 9.75. The molecule has 0 fully saturated rings. The maximum absolute atomic E-state index is 13.7. The molecule has 1 atom stereocenters. The maximum Gasteiger partial charge on any atom is 0.129 e. The van der Waals surface area contributed by atoms with Crippen LogP contribution in [0.3, 0.4) is 0 Å². The van der Waals surface area contributed by atoms with Crippen LogP contribution in [0.25, 0.3) is 0 Å². The molecule has 0 amide bonds. The molecule has 2 rings (SSSR count). The van der Waals surface area contributed by atoms with E-state index in [1.165, 1.54) is 24.3 Å². The second-order valence-electron chi connectivity index (χ2n) is 4.17. The maximum atomic E-state index is 13.7. The minimum atomic E-state index is -0.845. The van der Waals surface area contributed by atoms with E-state index in [0.29, 0.717) is 0 Å². The van der Waals surface area contributed by atoms with Gasteiger partial charge in [-0.25, -0.2) is 8.78 Å². The van der Waals surface area contributed by atoms with Crippen LogP contribution in [0.4, 0.5) is 8.78 Å². The van der Waals surface area contributed by atoms with Gasteiger partial charge >= 0.3 is 0 Å². The SMILES string of the molecule is Cc1ccc(F)c(C(N)c2ccc(Cl)cc2F)c1. The van der Waals surface area contributed by atoms with Crippen LogP contribution in [-0.4, -0.2) is 0 Å². The van der Waals surface area contributed by atoms with Crippen LogP contribution in [-0.2, 0) is 0 Å². The number of benzene rings is 2. The number of halogens is 3. The van der Waals surface area contributed by atoms with Gasteiger partial charge in [0.25, 0.3) is 0 Å². The number of rotatable bonds is 2. The van der Waals surface area contributed by atoms with Crippen molar-refractivity contribution in [1.29, 1.82) is 0 Å². The van der Waals surface area contributed by atoms with Gasteiger partial charge < -0.3 is 5.73 Å². The van der Waals surface area contributed by atoms with Crippen LogP contribution in [0.1, 0.15) is 22.7 Å². The first-order valence-corrected chi connectivity index (χ1v) is 5.83. The first kappa shape index (κ1) is 13.0. The molecular weight excluding hydrogens is 256 g/mol. The third kappa shape index (κ3) is 2.52. The zero-order valence-corrected chi connectivity index (χ0v) is 10.5. The van der Waals surface area contributed by atoms with Crippen LogP contribution < -0.4 is 5.73 Å². The Morgan fingerprint density at radius 2 is 1.72 bits per heavy atom. The normalized spacial score (nSPS) is 12.5. The van der Waals surface area contributed by atoms with E-state index in [-0.39, 0.29) is 16.1 Å². The lowest BCUT2D eigenvalue weighted by atomic mass is 9.97. The van der Waals surface area contributed by atoms with Gasteiger partial charge in [-0.05, 0) is 25.1 Å². The predicted octanol–water partition coefficient (Wildman–Crippen LogP) is 3.97. The highest BCUT2D eigenvalue weighted by atomic mass is 35.5. The Kier molecular flexibility index (Phi) is 3.64. The first-order chi connectivity index (χ1) is 8.49. The van der Waals surface area contributed by atoms with E-state index >= 15 is 0 Å². The van der Waals surface area contributed by atoms with E-state index in [9.17, 15) is 8.78 Å². The summed E-state index contributed by atoms with van der Waals surface area (Å²) >= 11 is 5.67. The summed E-state index contributed by atoms with van der Waals surface area (Å²) in [7, 11) is 0. The van der Waals surface area contributed by atoms with E-state index in [4.69, 9.17) is 17.3 Å². The molecule has 18 heavy (non-hydrogen) atoms. The van der Waals surface area contributed by atoms with Crippen LogP contribution >= 0.6 is 11.6 Å². The molecule has 0 radical (unpaired) electrons. The average Bonchev–Trinajstić information content (AvgIpc) is 2.31. The van der Waals surface area contributed by atoms with Crippen molar-refractivity contribution >= 4 is 11.6 Å². The minimum absolute atomic E-state index is 0.226. The molecule has 0 heterocycles. The Morgan fingerprint density at radius 3 is 2.39 bits per heavy atom.